The number of halogens is 1. The zero-order chi connectivity index (χ0) is 13.3. The highest BCUT2D eigenvalue weighted by molar-refractivity contribution is 6.30. The van der Waals surface area contributed by atoms with E-state index in [1.165, 1.54) is 0 Å². The smallest absolute Gasteiger partial charge is 0.224 e. The van der Waals surface area contributed by atoms with Crippen molar-refractivity contribution in [3.63, 3.8) is 0 Å². The molecule has 1 aromatic rings. The first-order valence-corrected chi connectivity index (χ1v) is 6.73. The minimum Gasteiger partial charge on any atom is -0.334 e. The maximum absolute atomic E-state index is 12.0. The van der Waals surface area contributed by atoms with Crippen molar-refractivity contribution >= 4 is 17.5 Å². The molecule has 18 heavy (non-hydrogen) atoms. The molecule has 2 atom stereocenters. The Morgan fingerprint density at radius 2 is 2.22 bits per heavy atom. The average Bonchev–Trinajstić information content (AvgIpc) is 2.56. The Kier molecular flexibility index (Phi) is 3.93. The number of benzene rings is 1. The van der Waals surface area contributed by atoms with Crippen molar-refractivity contribution in [3.8, 4) is 0 Å². The van der Waals surface area contributed by atoms with E-state index in [9.17, 15) is 4.79 Å². The number of carbonyl (C=O) groups is 1. The Morgan fingerprint density at radius 1 is 1.50 bits per heavy atom. The summed E-state index contributed by atoms with van der Waals surface area (Å²) in [6.45, 7) is 4.85. The van der Waals surface area contributed by atoms with Gasteiger partial charge in [0.2, 0.25) is 5.91 Å². The monoisotopic (exact) mass is 266 g/mol. The van der Waals surface area contributed by atoms with Gasteiger partial charge in [0.05, 0.1) is 6.04 Å². The van der Waals surface area contributed by atoms with Gasteiger partial charge in [-0.1, -0.05) is 24.6 Å². The molecule has 0 radical (unpaired) electrons. The molecule has 4 heteroatoms. The van der Waals surface area contributed by atoms with Crippen LogP contribution in [0.1, 0.15) is 36.9 Å². The summed E-state index contributed by atoms with van der Waals surface area (Å²) in [6.07, 6.45) is 1.38. The Labute approximate surface area is 113 Å². The molecule has 98 valence electrons. The normalized spacial score (nSPS) is 23.8. The Balaban J connectivity index is 2.37. The van der Waals surface area contributed by atoms with Gasteiger partial charge in [-0.2, -0.15) is 0 Å². The fourth-order valence-corrected chi connectivity index (χ4v) is 2.92. The van der Waals surface area contributed by atoms with Crippen molar-refractivity contribution in [1.82, 2.24) is 4.90 Å². The maximum Gasteiger partial charge on any atom is 0.224 e. The van der Waals surface area contributed by atoms with Crippen LogP contribution in [0, 0.1) is 6.92 Å². The van der Waals surface area contributed by atoms with E-state index < -0.39 is 0 Å². The van der Waals surface area contributed by atoms with Crippen molar-refractivity contribution in [2.75, 3.05) is 6.54 Å². The molecule has 1 saturated heterocycles. The van der Waals surface area contributed by atoms with Gasteiger partial charge >= 0.3 is 0 Å². The molecule has 3 nitrogen and oxygen atoms in total. The molecule has 0 aliphatic carbocycles. The van der Waals surface area contributed by atoms with Gasteiger partial charge < -0.3 is 10.6 Å². The summed E-state index contributed by atoms with van der Waals surface area (Å²) in [5.41, 5.74) is 8.35. The van der Waals surface area contributed by atoms with Crippen LogP contribution >= 0.6 is 11.6 Å². The van der Waals surface area contributed by atoms with Crippen molar-refractivity contribution in [3.05, 3.63) is 34.3 Å². The van der Waals surface area contributed by atoms with Crippen LogP contribution in [0.5, 0.6) is 0 Å². The zero-order valence-electron chi connectivity index (χ0n) is 10.8. The highest BCUT2D eigenvalue weighted by atomic mass is 35.5. The lowest BCUT2D eigenvalue weighted by atomic mass is 9.96. The third-order valence-electron chi connectivity index (χ3n) is 3.49. The van der Waals surface area contributed by atoms with E-state index in [0.29, 0.717) is 6.42 Å². The van der Waals surface area contributed by atoms with Gasteiger partial charge in [0.15, 0.2) is 0 Å². The topological polar surface area (TPSA) is 46.3 Å². The molecule has 1 aliphatic rings. The molecule has 2 unspecified atom stereocenters. The lowest BCUT2D eigenvalue weighted by Gasteiger charge is -2.28. The van der Waals surface area contributed by atoms with Crippen LogP contribution in [0.3, 0.4) is 0 Å². The fraction of sp³-hybridized carbons (Fsp3) is 0.500. The number of nitrogens with zero attached hydrogens (tertiary/aromatic N) is 1. The predicted octanol–water partition coefficient (Wildman–Crippen LogP) is 2.66. The molecule has 1 aromatic carbocycles. The summed E-state index contributed by atoms with van der Waals surface area (Å²) in [7, 11) is 0. The highest BCUT2D eigenvalue weighted by Crippen LogP contribution is 2.34. The average molecular weight is 267 g/mol. The van der Waals surface area contributed by atoms with Gasteiger partial charge in [-0.3, -0.25) is 4.79 Å². The van der Waals surface area contributed by atoms with Crippen LogP contribution in [0.25, 0.3) is 0 Å². The van der Waals surface area contributed by atoms with E-state index in [-0.39, 0.29) is 18.0 Å². The number of carbonyl (C=O) groups excluding carboxylic acids is 1. The second-order valence-corrected chi connectivity index (χ2v) is 5.34. The molecule has 0 aromatic heterocycles. The van der Waals surface area contributed by atoms with Crippen LogP contribution in [0.4, 0.5) is 0 Å². The molecule has 1 heterocycles. The maximum atomic E-state index is 12.0. The number of hydrogen-bond donors (Lipinski definition) is 1. The summed E-state index contributed by atoms with van der Waals surface area (Å²) in [5.74, 6) is 0.156. The SMILES string of the molecule is CCCN1C(=O)CC(N)C1c1ccc(Cl)cc1C. The predicted molar refractivity (Wildman–Crippen MR) is 73.5 cm³/mol. The van der Waals surface area contributed by atoms with E-state index >= 15 is 0 Å². The van der Waals surface area contributed by atoms with Gasteiger partial charge in [0.25, 0.3) is 0 Å². The lowest BCUT2D eigenvalue weighted by Crippen LogP contribution is -2.34. The molecule has 2 N–H and O–H groups in total. The van der Waals surface area contributed by atoms with E-state index in [1.54, 1.807) is 0 Å². The zero-order valence-corrected chi connectivity index (χ0v) is 11.6. The minimum absolute atomic E-state index is 0.00489. The molecule has 2 rings (SSSR count). The van der Waals surface area contributed by atoms with Gasteiger partial charge in [-0.15, -0.1) is 0 Å². The van der Waals surface area contributed by atoms with Crippen LogP contribution in [0.2, 0.25) is 5.02 Å². The van der Waals surface area contributed by atoms with Crippen molar-refractivity contribution in [2.24, 2.45) is 5.73 Å². The molecule has 0 spiro atoms. The first-order chi connectivity index (χ1) is 8.54. The standard InChI is InChI=1S/C14H19ClN2O/c1-3-6-17-13(18)8-12(16)14(17)11-5-4-10(15)7-9(11)2/h4-5,7,12,14H,3,6,8,16H2,1-2H3. The number of likely N-dealkylation sites (tertiary alicyclic amines) is 1. The van der Waals surface area contributed by atoms with Crippen molar-refractivity contribution in [1.29, 1.82) is 0 Å². The van der Waals surface area contributed by atoms with Crippen molar-refractivity contribution < 1.29 is 4.79 Å². The Hall–Kier alpha value is -1.06. The first kappa shape index (κ1) is 13.4. The number of nitrogens with two attached hydrogens (primary N) is 1. The van der Waals surface area contributed by atoms with E-state index in [0.717, 1.165) is 29.1 Å². The van der Waals surface area contributed by atoms with Crippen LogP contribution in [0.15, 0.2) is 18.2 Å². The largest absolute Gasteiger partial charge is 0.334 e. The first-order valence-electron chi connectivity index (χ1n) is 6.35. The second-order valence-electron chi connectivity index (χ2n) is 4.90. The summed E-state index contributed by atoms with van der Waals surface area (Å²) >= 11 is 5.97. The number of aryl methyl sites for hydroxylation is 1. The quantitative estimate of drug-likeness (QED) is 0.914. The van der Waals surface area contributed by atoms with Gasteiger partial charge in [0, 0.05) is 24.0 Å². The van der Waals surface area contributed by atoms with Gasteiger partial charge in [-0.25, -0.2) is 0 Å². The molecule has 1 amide bonds. The lowest BCUT2D eigenvalue weighted by molar-refractivity contribution is -0.129. The molecule has 1 aliphatic heterocycles. The van der Waals surface area contributed by atoms with E-state index in [4.69, 9.17) is 17.3 Å². The number of hydrogen-bond acceptors (Lipinski definition) is 2. The van der Waals surface area contributed by atoms with Gasteiger partial charge in [-0.05, 0) is 36.6 Å². The Morgan fingerprint density at radius 3 is 2.83 bits per heavy atom. The van der Waals surface area contributed by atoms with Crippen LogP contribution in [-0.4, -0.2) is 23.4 Å². The number of rotatable bonds is 3. The highest BCUT2D eigenvalue weighted by Gasteiger charge is 2.38. The fourth-order valence-electron chi connectivity index (χ4n) is 2.69. The third kappa shape index (κ3) is 2.38. The summed E-state index contributed by atoms with van der Waals surface area (Å²) in [6, 6.07) is 5.66. The van der Waals surface area contributed by atoms with Gasteiger partial charge in [0.1, 0.15) is 0 Å². The molecule has 0 bridgehead atoms. The number of amides is 1. The van der Waals surface area contributed by atoms with Crippen LogP contribution in [-0.2, 0) is 4.79 Å². The molecular formula is C14H19ClN2O. The second kappa shape index (κ2) is 5.29. The summed E-state index contributed by atoms with van der Waals surface area (Å²) < 4.78 is 0. The summed E-state index contributed by atoms with van der Waals surface area (Å²) in [4.78, 5) is 13.9. The van der Waals surface area contributed by atoms with Crippen LogP contribution < -0.4 is 5.73 Å². The minimum atomic E-state index is -0.121. The van der Waals surface area contributed by atoms with E-state index in [1.807, 2.05) is 30.0 Å². The summed E-state index contributed by atoms with van der Waals surface area (Å²) in [5, 5.41) is 0.719. The van der Waals surface area contributed by atoms with Crippen molar-refractivity contribution in [2.45, 2.75) is 38.8 Å². The Bertz CT molecular complexity index is 461. The van der Waals surface area contributed by atoms with E-state index in [2.05, 4.69) is 6.92 Å². The molecule has 0 saturated carbocycles. The third-order valence-corrected chi connectivity index (χ3v) is 3.72. The molecule has 1 fully saturated rings. The molecular weight excluding hydrogens is 248 g/mol.